The second-order valence-corrected chi connectivity index (χ2v) is 5.23. The summed E-state index contributed by atoms with van der Waals surface area (Å²) in [5.41, 5.74) is 10.5. The molecule has 0 aliphatic carbocycles. The minimum atomic E-state index is 0.409. The number of hydrogen-bond donors (Lipinski definition) is 2. The van der Waals surface area contributed by atoms with E-state index in [4.69, 9.17) is 10.5 Å². The number of rotatable bonds is 6. The Kier molecular flexibility index (Phi) is 5.98. The van der Waals surface area contributed by atoms with Crippen LogP contribution in [0.1, 0.15) is 16.7 Å². The quantitative estimate of drug-likeness (QED) is 0.489. The molecule has 0 unspecified atom stereocenters. The summed E-state index contributed by atoms with van der Waals surface area (Å²) in [6.45, 7) is 5.84. The number of nitrogens with one attached hydrogen (secondary N) is 1. The lowest BCUT2D eigenvalue weighted by Gasteiger charge is -2.08. The first kappa shape index (κ1) is 16.0. The zero-order chi connectivity index (χ0) is 15.8. The van der Waals surface area contributed by atoms with E-state index in [0.29, 0.717) is 25.7 Å². The van der Waals surface area contributed by atoms with Gasteiger partial charge in [-0.3, -0.25) is 4.99 Å². The Balaban J connectivity index is 1.72. The Morgan fingerprint density at radius 3 is 2.59 bits per heavy atom. The van der Waals surface area contributed by atoms with Crippen molar-refractivity contribution in [2.75, 3.05) is 18.5 Å². The fourth-order valence-electron chi connectivity index (χ4n) is 2.00. The van der Waals surface area contributed by atoms with Gasteiger partial charge >= 0.3 is 0 Å². The Morgan fingerprint density at radius 1 is 1.09 bits per heavy atom. The first-order valence-electron chi connectivity index (χ1n) is 7.41. The van der Waals surface area contributed by atoms with Crippen LogP contribution in [-0.2, 0) is 11.3 Å². The number of anilines is 1. The van der Waals surface area contributed by atoms with Crippen LogP contribution in [0, 0.1) is 13.8 Å². The largest absolute Gasteiger partial charge is 0.375 e. The summed E-state index contributed by atoms with van der Waals surface area (Å²) in [4.78, 5) is 4.26. The molecule has 4 nitrogen and oxygen atoms in total. The van der Waals surface area contributed by atoms with Crippen molar-refractivity contribution in [2.24, 2.45) is 10.7 Å². The van der Waals surface area contributed by atoms with Crippen LogP contribution in [0.5, 0.6) is 0 Å². The van der Waals surface area contributed by atoms with Crippen molar-refractivity contribution >= 4 is 11.6 Å². The summed E-state index contributed by atoms with van der Waals surface area (Å²) in [6, 6.07) is 16.2. The SMILES string of the molecule is Cc1ccc(NC(N)=NCCOCc2ccccc2)cc1C. The first-order chi connectivity index (χ1) is 10.6. The third-order valence-electron chi connectivity index (χ3n) is 3.41. The smallest absolute Gasteiger partial charge is 0.193 e. The van der Waals surface area contributed by atoms with Gasteiger partial charge in [-0.05, 0) is 42.7 Å². The first-order valence-corrected chi connectivity index (χ1v) is 7.41. The Morgan fingerprint density at radius 2 is 1.86 bits per heavy atom. The van der Waals surface area contributed by atoms with E-state index in [1.54, 1.807) is 0 Å². The zero-order valence-electron chi connectivity index (χ0n) is 13.2. The highest BCUT2D eigenvalue weighted by Crippen LogP contribution is 2.13. The summed E-state index contributed by atoms with van der Waals surface area (Å²) in [5.74, 6) is 0.409. The molecule has 0 aromatic heterocycles. The number of guanidine groups is 1. The molecule has 22 heavy (non-hydrogen) atoms. The van der Waals surface area contributed by atoms with E-state index in [1.807, 2.05) is 36.4 Å². The van der Waals surface area contributed by atoms with Gasteiger partial charge in [0.25, 0.3) is 0 Å². The molecule has 0 saturated carbocycles. The summed E-state index contributed by atoms with van der Waals surface area (Å²) in [5, 5.41) is 3.09. The number of hydrogen-bond acceptors (Lipinski definition) is 2. The van der Waals surface area contributed by atoms with Gasteiger partial charge in [0.1, 0.15) is 0 Å². The van der Waals surface area contributed by atoms with E-state index < -0.39 is 0 Å². The molecule has 0 saturated heterocycles. The van der Waals surface area contributed by atoms with E-state index in [-0.39, 0.29) is 0 Å². The van der Waals surface area contributed by atoms with Gasteiger partial charge in [0.2, 0.25) is 0 Å². The number of nitrogens with zero attached hydrogens (tertiary/aromatic N) is 1. The molecule has 2 aromatic rings. The van der Waals surface area contributed by atoms with E-state index in [0.717, 1.165) is 11.3 Å². The molecule has 0 spiro atoms. The van der Waals surface area contributed by atoms with Crippen molar-refractivity contribution in [3.8, 4) is 0 Å². The maximum Gasteiger partial charge on any atom is 0.193 e. The van der Waals surface area contributed by atoms with Crippen LogP contribution in [0.15, 0.2) is 53.5 Å². The third kappa shape index (κ3) is 5.22. The minimum Gasteiger partial charge on any atom is -0.375 e. The van der Waals surface area contributed by atoms with Crippen molar-refractivity contribution in [3.05, 3.63) is 65.2 Å². The van der Waals surface area contributed by atoms with Crippen molar-refractivity contribution in [1.82, 2.24) is 0 Å². The topological polar surface area (TPSA) is 59.6 Å². The van der Waals surface area contributed by atoms with Gasteiger partial charge in [-0.15, -0.1) is 0 Å². The van der Waals surface area contributed by atoms with Gasteiger partial charge < -0.3 is 15.8 Å². The molecule has 0 aliphatic heterocycles. The lowest BCUT2D eigenvalue weighted by atomic mass is 10.1. The summed E-state index contributed by atoms with van der Waals surface area (Å²) in [7, 11) is 0. The Labute approximate surface area is 132 Å². The second kappa shape index (κ2) is 8.20. The number of ether oxygens (including phenoxy) is 1. The molecule has 3 N–H and O–H groups in total. The van der Waals surface area contributed by atoms with Gasteiger partial charge in [0.15, 0.2) is 5.96 Å². The van der Waals surface area contributed by atoms with Crippen LogP contribution >= 0.6 is 0 Å². The summed E-state index contributed by atoms with van der Waals surface area (Å²) in [6.07, 6.45) is 0. The fourth-order valence-corrected chi connectivity index (χ4v) is 2.00. The molecular formula is C18H23N3O. The Bertz CT molecular complexity index is 623. The molecule has 2 aromatic carbocycles. The van der Waals surface area contributed by atoms with Crippen molar-refractivity contribution < 1.29 is 4.74 Å². The molecule has 0 bridgehead atoms. The van der Waals surface area contributed by atoms with Crippen molar-refractivity contribution in [1.29, 1.82) is 0 Å². The molecule has 0 fully saturated rings. The van der Waals surface area contributed by atoms with E-state index in [9.17, 15) is 0 Å². The van der Waals surface area contributed by atoms with Gasteiger partial charge in [-0.25, -0.2) is 0 Å². The number of aryl methyl sites for hydroxylation is 2. The third-order valence-corrected chi connectivity index (χ3v) is 3.41. The van der Waals surface area contributed by atoms with Gasteiger partial charge in [0, 0.05) is 5.69 Å². The number of benzene rings is 2. The van der Waals surface area contributed by atoms with Gasteiger partial charge in [0.05, 0.1) is 19.8 Å². The summed E-state index contributed by atoms with van der Waals surface area (Å²) < 4.78 is 5.56. The average molecular weight is 297 g/mol. The fraction of sp³-hybridized carbons (Fsp3) is 0.278. The minimum absolute atomic E-state index is 0.409. The van der Waals surface area contributed by atoms with Crippen LogP contribution in [0.4, 0.5) is 5.69 Å². The lowest BCUT2D eigenvalue weighted by Crippen LogP contribution is -2.23. The van der Waals surface area contributed by atoms with E-state index >= 15 is 0 Å². The van der Waals surface area contributed by atoms with Gasteiger partial charge in [-0.2, -0.15) is 0 Å². The zero-order valence-corrected chi connectivity index (χ0v) is 13.2. The molecule has 0 amide bonds. The van der Waals surface area contributed by atoms with E-state index in [1.165, 1.54) is 11.1 Å². The van der Waals surface area contributed by atoms with E-state index in [2.05, 4.69) is 36.3 Å². The molecule has 0 aliphatic rings. The van der Waals surface area contributed by atoms with Crippen LogP contribution in [0.2, 0.25) is 0 Å². The maximum atomic E-state index is 5.87. The second-order valence-electron chi connectivity index (χ2n) is 5.23. The molecule has 0 heterocycles. The molecule has 4 heteroatoms. The molecule has 0 radical (unpaired) electrons. The predicted molar refractivity (Wildman–Crippen MR) is 92.1 cm³/mol. The van der Waals surface area contributed by atoms with Crippen LogP contribution < -0.4 is 11.1 Å². The van der Waals surface area contributed by atoms with Gasteiger partial charge in [-0.1, -0.05) is 36.4 Å². The molecule has 2 rings (SSSR count). The van der Waals surface area contributed by atoms with Crippen molar-refractivity contribution in [3.63, 3.8) is 0 Å². The maximum absolute atomic E-state index is 5.87. The predicted octanol–water partition coefficient (Wildman–Crippen LogP) is 3.25. The normalized spacial score (nSPS) is 11.5. The highest BCUT2D eigenvalue weighted by molar-refractivity contribution is 5.92. The molecule has 116 valence electrons. The molecular weight excluding hydrogens is 274 g/mol. The number of nitrogens with two attached hydrogens (primary N) is 1. The highest BCUT2D eigenvalue weighted by atomic mass is 16.5. The average Bonchev–Trinajstić information content (AvgIpc) is 2.52. The summed E-state index contributed by atoms with van der Waals surface area (Å²) >= 11 is 0. The van der Waals surface area contributed by atoms with Crippen LogP contribution in [0.3, 0.4) is 0 Å². The van der Waals surface area contributed by atoms with Crippen molar-refractivity contribution in [2.45, 2.75) is 20.5 Å². The van der Waals surface area contributed by atoms with Crippen LogP contribution in [-0.4, -0.2) is 19.1 Å². The Hall–Kier alpha value is -2.33. The lowest BCUT2D eigenvalue weighted by molar-refractivity contribution is 0.128. The standard InChI is InChI=1S/C18H23N3O/c1-14-8-9-17(12-15(14)2)21-18(19)20-10-11-22-13-16-6-4-3-5-7-16/h3-9,12H,10-11,13H2,1-2H3,(H3,19,20,21). The molecule has 0 atom stereocenters. The highest BCUT2D eigenvalue weighted by Gasteiger charge is 1.98. The monoisotopic (exact) mass is 297 g/mol. The van der Waals surface area contributed by atoms with Crippen LogP contribution in [0.25, 0.3) is 0 Å². The number of aliphatic imine (C=N–C) groups is 1.